The quantitative estimate of drug-likeness (QED) is 0.384. The van der Waals surface area contributed by atoms with Crippen LogP contribution in [0.3, 0.4) is 0 Å². The third kappa shape index (κ3) is 5.24. The number of carbonyl (C=O) groups excluding carboxylic acids is 1. The maximum absolute atomic E-state index is 13.7. The Hall–Kier alpha value is -1.61. The molecule has 0 spiro atoms. The van der Waals surface area contributed by atoms with Gasteiger partial charge in [-0.15, -0.1) is 0 Å². The molecular weight excluding hydrogens is 404 g/mol. The number of hydrogen-bond acceptors (Lipinski definition) is 2. The Kier molecular flexibility index (Phi) is 8.33. The van der Waals surface area contributed by atoms with E-state index in [-0.39, 0.29) is 5.91 Å². The summed E-state index contributed by atoms with van der Waals surface area (Å²) in [6.45, 7) is 8.95. The normalized spacial score (nSPS) is 37.3. The van der Waals surface area contributed by atoms with E-state index in [1.165, 1.54) is 55.2 Å². The van der Waals surface area contributed by atoms with Crippen LogP contribution in [0.4, 0.5) is 0 Å². The van der Waals surface area contributed by atoms with Gasteiger partial charge in [0.15, 0.2) is 0 Å². The molecule has 3 bridgehead atoms. The Morgan fingerprint density at radius 3 is 2.55 bits per heavy atom. The van der Waals surface area contributed by atoms with E-state index in [1.807, 2.05) is 0 Å². The van der Waals surface area contributed by atoms with Crippen molar-refractivity contribution in [2.45, 2.75) is 104 Å². The van der Waals surface area contributed by atoms with Crippen molar-refractivity contribution in [3.8, 4) is 0 Å². The van der Waals surface area contributed by atoms with E-state index in [2.05, 4.69) is 62.9 Å². The summed E-state index contributed by atoms with van der Waals surface area (Å²) in [6.07, 6.45) is 22.2. The van der Waals surface area contributed by atoms with Gasteiger partial charge in [0, 0.05) is 11.6 Å². The maximum atomic E-state index is 13.7. The molecule has 3 nitrogen and oxygen atoms in total. The smallest absolute Gasteiger partial charge is 0.265 e. The Balaban J connectivity index is 1.61. The molecular formula is C30H46N2O. The van der Waals surface area contributed by atoms with Crippen molar-refractivity contribution >= 4 is 5.91 Å². The number of fused-ring (bicyclic) bond motifs is 2. The zero-order chi connectivity index (χ0) is 23.4. The summed E-state index contributed by atoms with van der Waals surface area (Å²) >= 11 is 0. The van der Waals surface area contributed by atoms with Crippen molar-refractivity contribution < 1.29 is 4.79 Å². The van der Waals surface area contributed by atoms with Crippen molar-refractivity contribution in [2.75, 3.05) is 0 Å². The maximum Gasteiger partial charge on any atom is 0.265 e. The van der Waals surface area contributed by atoms with Gasteiger partial charge in [-0.05, 0) is 105 Å². The Labute approximate surface area is 202 Å². The first kappa shape index (κ1) is 24.5. The number of amides is 1. The van der Waals surface area contributed by atoms with E-state index in [9.17, 15) is 4.79 Å². The molecule has 0 aromatic rings. The lowest BCUT2D eigenvalue weighted by Crippen LogP contribution is -2.52. The standard InChI is InChI=1S/C30H46N2O/c1-5-8-15-26-20(4)12-9-10-16-27(28(26)21(6-2)7-3)30(33)32-31-29-23-14-11-13-22-17-25(29)19-24(22)18-23/h8,10,15-16,21-25,29,31H,5-7,9,11-14,17-19H2,1-4H3,(H,32,33)/b15-8-,16-10+,26-20-,28-27+. The minimum absolute atomic E-state index is 0.0535. The van der Waals surface area contributed by atoms with Crippen LogP contribution in [0, 0.1) is 29.6 Å². The first-order valence-electron chi connectivity index (χ1n) is 13.9. The van der Waals surface area contributed by atoms with Crippen LogP contribution in [-0.4, -0.2) is 11.9 Å². The second-order valence-electron chi connectivity index (χ2n) is 11.1. The average Bonchev–Trinajstić information content (AvgIpc) is 3.04. The van der Waals surface area contributed by atoms with Crippen LogP contribution in [0.1, 0.15) is 98.3 Å². The van der Waals surface area contributed by atoms with Crippen molar-refractivity contribution in [3.63, 3.8) is 0 Å². The number of allylic oxidation sites excluding steroid dienone is 6. The van der Waals surface area contributed by atoms with Crippen LogP contribution in [0.5, 0.6) is 0 Å². The SMILES string of the molecule is CC\C=C/C1=C(\C)CC/C=C/C(C(=O)NNC2C3CCCC4CC2CC4C3)=C\1C(CC)CC. The van der Waals surface area contributed by atoms with Crippen LogP contribution in [0.25, 0.3) is 0 Å². The summed E-state index contributed by atoms with van der Waals surface area (Å²) in [5.74, 6) is 3.82. The molecule has 3 fully saturated rings. The number of carbonyl (C=O) groups is 1. The minimum Gasteiger partial charge on any atom is -0.287 e. The molecule has 4 aliphatic rings. The molecule has 0 heterocycles. The summed E-state index contributed by atoms with van der Waals surface area (Å²) < 4.78 is 0. The molecule has 4 aliphatic carbocycles. The van der Waals surface area contributed by atoms with Gasteiger partial charge in [0.2, 0.25) is 0 Å². The first-order valence-corrected chi connectivity index (χ1v) is 13.9. The lowest BCUT2D eigenvalue weighted by Gasteiger charge is -2.37. The third-order valence-corrected chi connectivity index (χ3v) is 9.17. The predicted molar refractivity (Wildman–Crippen MR) is 138 cm³/mol. The van der Waals surface area contributed by atoms with Gasteiger partial charge in [-0.1, -0.05) is 63.5 Å². The topological polar surface area (TPSA) is 41.1 Å². The second-order valence-corrected chi connectivity index (χ2v) is 11.1. The molecule has 4 rings (SSSR count). The summed E-state index contributed by atoms with van der Waals surface area (Å²) in [7, 11) is 0. The molecule has 0 aromatic carbocycles. The van der Waals surface area contributed by atoms with E-state index >= 15 is 0 Å². The lowest BCUT2D eigenvalue weighted by atomic mass is 9.76. The molecule has 182 valence electrons. The fraction of sp³-hybridized carbons (Fsp3) is 0.700. The molecule has 33 heavy (non-hydrogen) atoms. The fourth-order valence-electron chi connectivity index (χ4n) is 7.41. The van der Waals surface area contributed by atoms with E-state index in [0.29, 0.717) is 12.0 Å². The highest BCUT2D eigenvalue weighted by molar-refractivity contribution is 5.98. The van der Waals surface area contributed by atoms with Crippen molar-refractivity contribution in [3.05, 3.63) is 46.6 Å². The molecule has 0 radical (unpaired) electrons. The molecule has 0 saturated heterocycles. The van der Waals surface area contributed by atoms with Gasteiger partial charge in [0.05, 0.1) is 0 Å². The van der Waals surface area contributed by atoms with Gasteiger partial charge in [-0.2, -0.15) is 0 Å². The molecule has 0 aromatic heterocycles. The van der Waals surface area contributed by atoms with Gasteiger partial charge >= 0.3 is 0 Å². The third-order valence-electron chi connectivity index (χ3n) is 9.17. The summed E-state index contributed by atoms with van der Waals surface area (Å²) in [6, 6.07) is 0.446. The monoisotopic (exact) mass is 450 g/mol. The molecule has 5 unspecified atom stereocenters. The Morgan fingerprint density at radius 2 is 1.79 bits per heavy atom. The predicted octanol–water partition coefficient (Wildman–Crippen LogP) is 7.19. The highest BCUT2D eigenvalue weighted by Crippen LogP contribution is 2.53. The summed E-state index contributed by atoms with van der Waals surface area (Å²) in [5, 5.41) is 0. The van der Waals surface area contributed by atoms with E-state index < -0.39 is 0 Å². The molecule has 3 heteroatoms. The van der Waals surface area contributed by atoms with Gasteiger partial charge in [0.25, 0.3) is 5.91 Å². The number of rotatable bonds is 8. The zero-order valence-electron chi connectivity index (χ0n) is 21.5. The average molecular weight is 451 g/mol. The van der Waals surface area contributed by atoms with Crippen molar-refractivity contribution in [1.82, 2.24) is 10.9 Å². The molecule has 3 saturated carbocycles. The van der Waals surface area contributed by atoms with E-state index in [0.717, 1.165) is 61.3 Å². The number of hydrazine groups is 1. The van der Waals surface area contributed by atoms with Crippen molar-refractivity contribution in [2.24, 2.45) is 29.6 Å². The highest BCUT2D eigenvalue weighted by atomic mass is 16.2. The van der Waals surface area contributed by atoms with Crippen LogP contribution >= 0.6 is 0 Å². The lowest BCUT2D eigenvalue weighted by molar-refractivity contribution is -0.118. The largest absolute Gasteiger partial charge is 0.287 e. The molecule has 5 atom stereocenters. The van der Waals surface area contributed by atoms with E-state index in [4.69, 9.17) is 0 Å². The van der Waals surface area contributed by atoms with E-state index in [1.54, 1.807) is 0 Å². The Morgan fingerprint density at radius 1 is 1.06 bits per heavy atom. The Bertz CT molecular complexity index is 828. The molecule has 2 N–H and O–H groups in total. The van der Waals surface area contributed by atoms with Crippen LogP contribution in [0.15, 0.2) is 46.6 Å². The summed E-state index contributed by atoms with van der Waals surface area (Å²) in [5.41, 5.74) is 11.7. The summed E-state index contributed by atoms with van der Waals surface area (Å²) in [4.78, 5) is 13.7. The molecule has 1 amide bonds. The zero-order valence-corrected chi connectivity index (χ0v) is 21.5. The van der Waals surface area contributed by atoms with Crippen LogP contribution in [-0.2, 0) is 4.79 Å². The van der Waals surface area contributed by atoms with Gasteiger partial charge in [0.1, 0.15) is 0 Å². The van der Waals surface area contributed by atoms with Crippen LogP contribution in [0.2, 0.25) is 0 Å². The fourth-order valence-corrected chi connectivity index (χ4v) is 7.41. The van der Waals surface area contributed by atoms with Gasteiger partial charge in [-0.3, -0.25) is 10.2 Å². The number of nitrogens with one attached hydrogen (secondary N) is 2. The number of hydrogen-bond donors (Lipinski definition) is 2. The van der Waals surface area contributed by atoms with Gasteiger partial charge in [-0.25, -0.2) is 5.43 Å². The van der Waals surface area contributed by atoms with Gasteiger partial charge < -0.3 is 0 Å². The highest BCUT2D eigenvalue weighted by Gasteiger charge is 2.48. The van der Waals surface area contributed by atoms with Crippen LogP contribution < -0.4 is 10.9 Å². The molecule has 0 aliphatic heterocycles. The first-order chi connectivity index (χ1) is 16.1. The van der Waals surface area contributed by atoms with Crippen molar-refractivity contribution in [1.29, 1.82) is 0 Å². The second kappa shape index (κ2) is 11.2. The minimum atomic E-state index is 0.0535.